The SMILES string of the molecule is [C-]#Cc1cc(C)c(C#[C-])cc1C.[C-]#Cc1cc(C)c(C#[C-])cc1C.[C-]#[O+].[C-]#[O+].[C-]#[O+].[C-]#[O+].[C-]#[O+].[C-]#[O+].[Cu+].[Cu+].[Cu+].[Re].[Re].c1ccc(-c2ccccn2)nc1.c1ccc(-c2ccccn2)nc1.c1ccc(P(CP(c2ccccc2)c2ccccc2)c2ccccc2)cc1.c1ccc(P(CP(c2ccccc2)c2ccccc2)c2ccccc2)cc1.c1ccc(P(CP(c2ccccc2)c2ccccc2)c2ccccc2)cc1. The van der Waals surface area contributed by atoms with Crippen LogP contribution < -0.4 is 63.7 Å². The average Bonchev–Trinajstić information content (AvgIpc) is 0.816. The third-order valence-corrected chi connectivity index (χ3v) is 38.4. The van der Waals surface area contributed by atoms with Gasteiger partial charge >= 0.3 is 119 Å². The summed E-state index contributed by atoms with van der Waals surface area (Å²) in [4.78, 5) is 16.7. The molecular weight excluding hydrogens is 2400 g/mol. The van der Waals surface area contributed by atoms with Gasteiger partial charge in [-0.25, -0.2) is 0 Å². The van der Waals surface area contributed by atoms with Gasteiger partial charge in [0.1, 0.15) is 0 Å². The number of benzene rings is 14. The molecule has 0 bridgehead atoms. The van der Waals surface area contributed by atoms with Crippen molar-refractivity contribution in [1.29, 1.82) is 0 Å². The first-order chi connectivity index (χ1) is 69.6. The standard InChI is InChI=1S/3C25H22P2.2C12H8.2C10H8N2.6CO.3Cu.2Re/c3*1-5-13-22(14-6-1)26(23-15-7-2-8-16-23)21-27(24-17-9-3-10-18-24)25-19-11-4-12-20-25;2*1-5-11-7-10(4)12(6-2)8-9(11)3;2*1-3-7-11-9(5-1)10-6-2-4-8-12-10;6*1-2;;;;;/h3*1-20H,21H2;2*7-8H,3-4H3;2*1-8H;;;;;;;;;;;/q;;;2*-2;;;;;;;;;3*+1;;. The first kappa shape index (κ1) is 132. The third kappa shape index (κ3) is 45.0. The molecule has 2 radical (unpaired) electrons. The minimum Gasteiger partial charge on any atom is -0.255 e. The van der Waals surface area contributed by atoms with E-state index in [0.29, 0.717) is 0 Å². The fraction of sp³-hybridized carbons (Fsp3) is 0.0560. The van der Waals surface area contributed by atoms with Crippen molar-refractivity contribution in [3.8, 4) is 46.5 Å². The van der Waals surface area contributed by atoms with Gasteiger partial charge in [-0.05, 0) is 160 Å². The molecule has 0 aliphatic rings. The van der Waals surface area contributed by atoms with Crippen molar-refractivity contribution in [2.45, 2.75) is 27.7 Å². The Morgan fingerprint density at radius 1 is 0.178 bits per heavy atom. The average molecular weight is 2500 g/mol. The van der Waals surface area contributed by atoms with Crippen LogP contribution in [0.1, 0.15) is 44.5 Å². The first-order valence-corrected chi connectivity index (χ1v) is 52.8. The monoisotopic (exact) mass is 2500 g/mol. The molecule has 0 amide bonds. The largest absolute Gasteiger partial charge is 1.00 e. The summed E-state index contributed by atoms with van der Waals surface area (Å²) in [6, 6.07) is 163. The second-order valence-electron chi connectivity index (χ2n) is 29.3. The fourth-order valence-electron chi connectivity index (χ4n) is 13.8. The minimum absolute atomic E-state index is 0. The number of hydrogen-bond acceptors (Lipinski definition) is 4. The van der Waals surface area contributed by atoms with Crippen LogP contribution in [0.15, 0.2) is 486 Å². The maximum absolute atomic E-state index is 7.50. The number of aromatic nitrogens is 4. The topological polar surface area (TPSA) is 171 Å². The van der Waals surface area contributed by atoms with Crippen LogP contribution in [0.25, 0.3) is 22.8 Å². The van der Waals surface area contributed by atoms with E-state index >= 15 is 0 Å². The Kier molecular flexibility index (Phi) is 73.1. The molecule has 10 nitrogen and oxygen atoms in total. The summed E-state index contributed by atoms with van der Waals surface area (Å²) in [6.45, 7) is 34.6. The Morgan fingerprint density at radius 2 is 0.281 bits per heavy atom. The Bertz CT molecular complexity index is 5630. The summed E-state index contributed by atoms with van der Waals surface area (Å²) in [6.07, 6.45) is 35.0. The van der Waals surface area contributed by atoms with Crippen LogP contribution in [0, 0.1) is 117 Å². The van der Waals surface area contributed by atoms with E-state index in [0.717, 1.165) is 67.3 Å². The Hall–Kier alpha value is -12.2. The predicted octanol–water partition coefficient (Wildman–Crippen LogP) is 24.0. The van der Waals surface area contributed by atoms with Crippen LogP contribution in [0.5, 0.6) is 0 Å². The van der Waals surface area contributed by atoms with E-state index < -0.39 is 47.5 Å². The molecule has 0 aliphatic carbocycles. The van der Waals surface area contributed by atoms with Gasteiger partial charge in [-0.1, -0.05) is 416 Å². The van der Waals surface area contributed by atoms with Gasteiger partial charge < -0.3 is 25.7 Å². The minimum atomic E-state index is -0.409. The van der Waals surface area contributed by atoms with Gasteiger partial charge in [-0.3, -0.25) is 43.6 Å². The zero-order valence-electron chi connectivity index (χ0n) is 79.9. The Balaban J connectivity index is 0.000000855. The number of hydrogen-bond donors (Lipinski definition) is 0. The van der Waals surface area contributed by atoms with Crippen LogP contribution in [-0.2, 0) is 120 Å². The Morgan fingerprint density at radius 3 is 0.370 bits per heavy atom. The molecule has 0 aliphatic heterocycles. The Labute approximate surface area is 930 Å². The van der Waals surface area contributed by atoms with E-state index in [1.54, 1.807) is 24.8 Å². The van der Waals surface area contributed by atoms with E-state index in [1.165, 1.54) is 81.4 Å². The van der Waals surface area contributed by atoms with Crippen molar-refractivity contribution >= 4 is 111 Å². The van der Waals surface area contributed by atoms with Crippen molar-refractivity contribution < 1.29 is 120 Å². The summed E-state index contributed by atoms with van der Waals surface area (Å²) in [5.74, 6) is 12.9. The molecule has 0 unspecified atom stereocenters. The summed E-state index contributed by atoms with van der Waals surface area (Å²) < 4.78 is 45.0. The second kappa shape index (κ2) is 81.0. The number of rotatable bonds is 20. The molecule has 0 saturated heterocycles. The van der Waals surface area contributed by atoms with Crippen LogP contribution >= 0.6 is 47.5 Å². The maximum Gasteiger partial charge on any atom is 1.00 e. The van der Waals surface area contributed by atoms with E-state index in [4.69, 9.17) is 53.6 Å². The zero-order valence-corrected chi connectivity index (χ0v) is 93.5. The van der Waals surface area contributed by atoms with Gasteiger partial charge in [0.15, 0.2) is 0 Å². The molecule has 4 aromatic heterocycles. The molecule has 4 heterocycles. The summed E-state index contributed by atoms with van der Waals surface area (Å²) >= 11 is 0. The van der Waals surface area contributed by atoms with Crippen LogP contribution in [0.4, 0.5) is 0 Å². The first-order valence-electron chi connectivity index (χ1n) is 43.6. The van der Waals surface area contributed by atoms with Gasteiger partial charge in [0, 0.05) is 83.3 Å². The van der Waals surface area contributed by atoms with E-state index in [9.17, 15) is 0 Å². The molecule has 0 fully saturated rings. The molecule has 0 atom stereocenters. The van der Waals surface area contributed by atoms with Gasteiger partial charge in [-0.2, -0.15) is 0 Å². The third-order valence-electron chi connectivity index (χ3n) is 20.5. The zero-order chi connectivity index (χ0) is 102. The summed E-state index contributed by atoms with van der Waals surface area (Å²) in [7, 11) is -2.45. The molecule has 18 aromatic rings. The summed E-state index contributed by atoms with van der Waals surface area (Å²) in [5, 5.41) is 17.5. The van der Waals surface area contributed by atoms with Gasteiger partial charge in [0.25, 0.3) is 0 Å². The molecule has 14 aromatic carbocycles. The molecule has 0 saturated carbocycles. The molecule has 146 heavy (non-hydrogen) atoms. The van der Waals surface area contributed by atoms with Crippen LogP contribution in [0.3, 0.4) is 0 Å². The van der Waals surface area contributed by atoms with Crippen molar-refractivity contribution in [3.05, 3.63) is 596 Å². The predicted molar refractivity (Wildman–Crippen MR) is 584 cm³/mol. The van der Waals surface area contributed by atoms with Crippen molar-refractivity contribution in [1.82, 2.24) is 19.9 Å². The molecule has 18 rings (SSSR count). The van der Waals surface area contributed by atoms with Crippen LogP contribution in [-0.4, -0.2) is 37.6 Å². The molecule has 21 heteroatoms. The normalized spacial score (nSPS) is 9.22. The van der Waals surface area contributed by atoms with Crippen molar-refractivity contribution in [2.24, 2.45) is 0 Å². The van der Waals surface area contributed by atoms with Gasteiger partial charge in [-0.15, -0.1) is 68.8 Å². The quantitative estimate of drug-likeness (QED) is 0.0243. The smallest absolute Gasteiger partial charge is 0.255 e. The van der Waals surface area contributed by atoms with E-state index in [-0.39, 0.29) is 92.1 Å². The molecule has 0 N–H and O–H groups in total. The number of pyridine rings is 4. The van der Waals surface area contributed by atoms with Crippen molar-refractivity contribution in [2.75, 3.05) is 17.7 Å². The number of nitrogens with zero attached hydrogens (tertiary/aromatic N) is 4. The fourth-order valence-corrected chi connectivity index (χ4v) is 33.2. The maximum atomic E-state index is 7.50. The molecule has 732 valence electrons. The van der Waals surface area contributed by atoms with E-state index in [2.05, 4.69) is 448 Å². The van der Waals surface area contributed by atoms with Crippen LogP contribution in [0.2, 0.25) is 0 Å². The van der Waals surface area contributed by atoms with E-state index in [1.807, 2.05) is 125 Å². The summed E-state index contributed by atoms with van der Waals surface area (Å²) in [5.41, 5.74) is 10.6. The second-order valence-corrected chi connectivity index (χ2v) is 44.1. The number of aryl methyl sites for hydroxylation is 4. The van der Waals surface area contributed by atoms with Gasteiger partial charge in [0.2, 0.25) is 0 Å². The molecular formula is C125H98Cu3N4O6P6Re2-. The molecule has 0 spiro atoms. The van der Waals surface area contributed by atoms with Gasteiger partial charge in [0.05, 0.1) is 22.8 Å². The van der Waals surface area contributed by atoms with Crippen molar-refractivity contribution in [3.63, 3.8) is 0 Å².